The Hall–Kier alpha value is -2.33. The highest BCUT2D eigenvalue weighted by atomic mass is 32.2. The van der Waals surface area contributed by atoms with Gasteiger partial charge in [0.15, 0.2) is 0 Å². The van der Waals surface area contributed by atoms with Gasteiger partial charge in [0, 0.05) is 5.39 Å². The van der Waals surface area contributed by atoms with E-state index >= 15 is 0 Å². The summed E-state index contributed by atoms with van der Waals surface area (Å²) < 4.78 is 28.0. The number of fused-ring (bicyclic) bond motifs is 1. The first-order chi connectivity index (χ1) is 11.5. The van der Waals surface area contributed by atoms with E-state index in [9.17, 15) is 8.42 Å². The van der Waals surface area contributed by atoms with Crippen LogP contribution in [0.25, 0.3) is 10.8 Å². The molecule has 0 bridgehead atoms. The van der Waals surface area contributed by atoms with E-state index in [0.717, 1.165) is 22.8 Å². The third kappa shape index (κ3) is 3.60. The molecule has 0 aliphatic carbocycles. The molecule has 1 N–H and O–H groups in total. The van der Waals surface area contributed by atoms with Crippen LogP contribution < -0.4 is 4.72 Å². The molecule has 0 amide bonds. The first kappa shape index (κ1) is 16.5. The lowest BCUT2D eigenvalue weighted by Crippen LogP contribution is -2.13. The third-order valence-corrected chi connectivity index (χ3v) is 5.29. The van der Waals surface area contributed by atoms with Crippen molar-refractivity contribution in [3.8, 4) is 0 Å². The Morgan fingerprint density at radius 2 is 1.54 bits per heavy atom. The molecule has 3 rings (SSSR count). The van der Waals surface area contributed by atoms with Crippen molar-refractivity contribution in [1.29, 1.82) is 0 Å². The van der Waals surface area contributed by atoms with Gasteiger partial charge in [-0.25, -0.2) is 8.42 Å². The highest BCUT2D eigenvalue weighted by molar-refractivity contribution is 7.92. The largest absolute Gasteiger partial charge is 0.279 e. The van der Waals surface area contributed by atoms with E-state index in [4.69, 9.17) is 0 Å². The van der Waals surface area contributed by atoms with Crippen molar-refractivity contribution in [2.24, 2.45) is 5.92 Å². The standard InChI is InChI=1S/C20H21NO2S/c1-15(2)14-16-10-12-18(13-11-16)24(22,23)21-20-9-5-7-17-6-3-4-8-19(17)20/h3-13,15,21H,14H2,1-2H3. The smallest absolute Gasteiger partial charge is 0.261 e. The van der Waals surface area contributed by atoms with Gasteiger partial charge in [-0.15, -0.1) is 0 Å². The van der Waals surface area contributed by atoms with Crippen LogP contribution in [0, 0.1) is 5.92 Å². The van der Waals surface area contributed by atoms with Crippen molar-refractivity contribution in [3.63, 3.8) is 0 Å². The number of rotatable bonds is 5. The lowest BCUT2D eigenvalue weighted by molar-refractivity contribution is 0.601. The van der Waals surface area contributed by atoms with Crippen molar-refractivity contribution < 1.29 is 8.42 Å². The first-order valence-electron chi connectivity index (χ1n) is 8.05. The van der Waals surface area contributed by atoms with Crippen LogP contribution in [-0.2, 0) is 16.4 Å². The van der Waals surface area contributed by atoms with Crippen LogP contribution >= 0.6 is 0 Å². The quantitative estimate of drug-likeness (QED) is 0.723. The number of anilines is 1. The fourth-order valence-corrected chi connectivity index (χ4v) is 3.87. The summed E-state index contributed by atoms with van der Waals surface area (Å²) >= 11 is 0. The van der Waals surface area contributed by atoms with E-state index in [2.05, 4.69) is 18.6 Å². The van der Waals surface area contributed by atoms with E-state index in [0.29, 0.717) is 11.6 Å². The van der Waals surface area contributed by atoms with Crippen LogP contribution in [0.15, 0.2) is 71.6 Å². The number of benzene rings is 3. The van der Waals surface area contributed by atoms with Gasteiger partial charge in [-0.3, -0.25) is 4.72 Å². The predicted octanol–water partition coefficient (Wildman–Crippen LogP) is 4.84. The Balaban J connectivity index is 1.90. The maximum absolute atomic E-state index is 12.7. The third-order valence-electron chi connectivity index (χ3n) is 3.91. The van der Waals surface area contributed by atoms with Crippen LogP contribution in [0.4, 0.5) is 5.69 Å². The SMILES string of the molecule is CC(C)Cc1ccc(S(=O)(=O)Nc2cccc3ccccc23)cc1. The summed E-state index contributed by atoms with van der Waals surface area (Å²) in [5, 5.41) is 1.89. The van der Waals surface area contributed by atoms with E-state index in [1.807, 2.05) is 48.5 Å². The molecule has 0 aliphatic heterocycles. The molecule has 0 radical (unpaired) electrons. The molecule has 0 aliphatic rings. The second-order valence-corrected chi connectivity index (χ2v) is 8.06. The Labute approximate surface area is 143 Å². The topological polar surface area (TPSA) is 46.2 Å². The highest BCUT2D eigenvalue weighted by Crippen LogP contribution is 2.25. The number of sulfonamides is 1. The highest BCUT2D eigenvalue weighted by Gasteiger charge is 2.15. The van der Waals surface area contributed by atoms with Crippen LogP contribution in [0.3, 0.4) is 0 Å². The van der Waals surface area contributed by atoms with E-state index < -0.39 is 10.0 Å². The minimum absolute atomic E-state index is 0.281. The molecule has 3 aromatic rings. The molecule has 4 heteroatoms. The normalized spacial score (nSPS) is 11.8. The van der Waals surface area contributed by atoms with Crippen molar-refractivity contribution in [2.75, 3.05) is 4.72 Å². The van der Waals surface area contributed by atoms with Gasteiger partial charge in [-0.05, 0) is 41.5 Å². The van der Waals surface area contributed by atoms with Crippen molar-refractivity contribution in [1.82, 2.24) is 0 Å². The second-order valence-electron chi connectivity index (χ2n) is 6.37. The van der Waals surface area contributed by atoms with Crippen LogP contribution in [0.2, 0.25) is 0 Å². The molecule has 3 aromatic carbocycles. The fraction of sp³-hybridized carbons (Fsp3) is 0.200. The molecule has 0 saturated heterocycles. The Bertz CT molecular complexity index is 940. The van der Waals surface area contributed by atoms with E-state index in [-0.39, 0.29) is 4.90 Å². The lowest BCUT2D eigenvalue weighted by atomic mass is 10.0. The zero-order chi connectivity index (χ0) is 17.2. The van der Waals surface area contributed by atoms with E-state index in [1.165, 1.54) is 0 Å². The Morgan fingerprint density at radius 1 is 0.875 bits per heavy atom. The van der Waals surface area contributed by atoms with Crippen LogP contribution in [-0.4, -0.2) is 8.42 Å². The molecule has 0 spiro atoms. The number of hydrogen-bond acceptors (Lipinski definition) is 2. The predicted molar refractivity (Wildman–Crippen MR) is 99.7 cm³/mol. The van der Waals surface area contributed by atoms with Gasteiger partial charge in [0.25, 0.3) is 10.0 Å². The van der Waals surface area contributed by atoms with Gasteiger partial charge in [0.05, 0.1) is 10.6 Å². The molecular weight excluding hydrogens is 318 g/mol. The minimum Gasteiger partial charge on any atom is -0.279 e. The fourth-order valence-electron chi connectivity index (χ4n) is 2.79. The molecule has 3 nitrogen and oxygen atoms in total. The zero-order valence-corrected chi connectivity index (χ0v) is 14.7. The summed E-state index contributed by atoms with van der Waals surface area (Å²) in [7, 11) is -3.60. The Kier molecular flexibility index (Phi) is 4.58. The molecule has 0 atom stereocenters. The average Bonchev–Trinajstić information content (AvgIpc) is 2.55. The summed E-state index contributed by atoms with van der Waals surface area (Å²) in [6.07, 6.45) is 0.942. The summed E-state index contributed by atoms with van der Waals surface area (Å²) in [6.45, 7) is 4.29. The summed E-state index contributed by atoms with van der Waals surface area (Å²) in [4.78, 5) is 0.281. The molecule has 24 heavy (non-hydrogen) atoms. The molecular formula is C20H21NO2S. The van der Waals surface area contributed by atoms with Crippen molar-refractivity contribution in [2.45, 2.75) is 25.2 Å². The maximum atomic E-state index is 12.7. The van der Waals surface area contributed by atoms with Gasteiger partial charge < -0.3 is 0 Å². The van der Waals surface area contributed by atoms with Crippen LogP contribution in [0.5, 0.6) is 0 Å². The van der Waals surface area contributed by atoms with Crippen molar-refractivity contribution in [3.05, 3.63) is 72.3 Å². The molecule has 0 aromatic heterocycles. The van der Waals surface area contributed by atoms with E-state index in [1.54, 1.807) is 18.2 Å². The summed E-state index contributed by atoms with van der Waals surface area (Å²) in [6, 6.07) is 20.4. The van der Waals surface area contributed by atoms with Gasteiger partial charge in [-0.1, -0.05) is 62.4 Å². The van der Waals surface area contributed by atoms with Gasteiger partial charge in [0.2, 0.25) is 0 Å². The maximum Gasteiger partial charge on any atom is 0.261 e. The molecule has 0 heterocycles. The van der Waals surface area contributed by atoms with Gasteiger partial charge >= 0.3 is 0 Å². The summed E-state index contributed by atoms with van der Waals surface area (Å²) in [5.41, 5.74) is 1.74. The molecule has 124 valence electrons. The Morgan fingerprint density at radius 3 is 2.25 bits per heavy atom. The first-order valence-corrected chi connectivity index (χ1v) is 9.53. The van der Waals surface area contributed by atoms with Crippen LogP contribution in [0.1, 0.15) is 19.4 Å². The average molecular weight is 339 g/mol. The second kappa shape index (κ2) is 6.65. The number of hydrogen-bond donors (Lipinski definition) is 1. The lowest BCUT2D eigenvalue weighted by Gasteiger charge is -2.11. The molecule has 0 saturated carbocycles. The zero-order valence-electron chi connectivity index (χ0n) is 13.9. The van der Waals surface area contributed by atoms with Crippen molar-refractivity contribution >= 4 is 26.5 Å². The molecule has 0 unspecified atom stereocenters. The molecule has 0 fully saturated rings. The van der Waals surface area contributed by atoms with Gasteiger partial charge in [-0.2, -0.15) is 0 Å². The minimum atomic E-state index is -3.60. The summed E-state index contributed by atoms with van der Waals surface area (Å²) in [5.74, 6) is 0.543. The number of nitrogens with one attached hydrogen (secondary N) is 1. The van der Waals surface area contributed by atoms with Gasteiger partial charge in [0.1, 0.15) is 0 Å². The monoisotopic (exact) mass is 339 g/mol.